The van der Waals surface area contributed by atoms with Crippen molar-refractivity contribution < 1.29 is 14.7 Å². The number of thioether (sulfide) groups is 1. The Kier molecular flexibility index (Phi) is 3.28. The van der Waals surface area contributed by atoms with Gasteiger partial charge in [-0.05, 0) is 13.8 Å². The Morgan fingerprint density at radius 1 is 1.71 bits per heavy atom. The molecule has 1 rings (SSSR count). The van der Waals surface area contributed by atoms with E-state index in [-0.39, 0.29) is 5.91 Å². The van der Waals surface area contributed by atoms with Crippen molar-refractivity contribution in [1.82, 2.24) is 4.90 Å². The van der Waals surface area contributed by atoms with Crippen LogP contribution in [0.1, 0.15) is 13.8 Å². The summed E-state index contributed by atoms with van der Waals surface area (Å²) in [6, 6.07) is -0.903. The van der Waals surface area contributed by atoms with Gasteiger partial charge in [0.1, 0.15) is 10.4 Å². The molecule has 1 atom stereocenters. The smallest absolute Gasteiger partial charge is 0.326 e. The van der Waals surface area contributed by atoms with Crippen LogP contribution in [-0.2, 0) is 9.59 Å². The predicted octanol–water partition coefficient (Wildman–Crippen LogP) is 1.22. The Morgan fingerprint density at radius 3 is 2.64 bits per heavy atom. The predicted molar refractivity (Wildman–Crippen MR) is 57.9 cm³/mol. The second-order valence-corrected chi connectivity index (χ2v) is 4.39. The molecule has 1 heterocycles. The van der Waals surface area contributed by atoms with Gasteiger partial charge in [0.15, 0.2) is 0 Å². The standard InChI is InChI=1S/C8H9NO3S2/c1-3-5-6(10)9(8(13)14-5)4(2)7(11)12/h3-4H,1-2H3,(H,11,12)/b5-3-. The summed E-state index contributed by atoms with van der Waals surface area (Å²) in [6.07, 6.45) is 1.63. The highest BCUT2D eigenvalue weighted by molar-refractivity contribution is 8.26. The fourth-order valence-electron chi connectivity index (χ4n) is 1.02. The lowest BCUT2D eigenvalue weighted by Gasteiger charge is -2.18. The van der Waals surface area contributed by atoms with Crippen LogP contribution in [0.5, 0.6) is 0 Å². The lowest BCUT2D eigenvalue weighted by atomic mass is 10.3. The van der Waals surface area contributed by atoms with Gasteiger partial charge in [-0.1, -0.05) is 30.1 Å². The summed E-state index contributed by atoms with van der Waals surface area (Å²) in [4.78, 5) is 23.9. The quantitative estimate of drug-likeness (QED) is 0.572. The van der Waals surface area contributed by atoms with Gasteiger partial charge >= 0.3 is 5.97 Å². The van der Waals surface area contributed by atoms with E-state index in [1.807, 2.05) is 0 Å². The SMILES string of the molecule is C/C=C1\SC(=S)N(C(C)C(=O)O)C1=O. The van der Waals surface area contributed by atoms with Crippen LogP contribution in [0.25, 0.3) is 0 Å². The second kappa shape index (κ2) is 4.10. The first-order chi connectivity index (χ1) is 6.49. The molecule has 0 bridgehead atoms. The van der Waals surface area contributed by atoms with Crippen LogP contribution in [0.3, 0.4) is 0 Å². The van der Waals surface area contributed by atoms with Crippen molar-refractivity contribution >= 4 is 40.2 Å². The summed E-state index contributed by atoms with van der Waals surface area (Å²) in [5, 5.41) is 8.75. The maximum absolute atomic E-state index is 11.6. The molecule has 1 N–H and O–H groups in total. The van der Waals surface area contributed by atoms with E-state index in [0.717, 1.165) is 16.7 Å². The van der Waals surface area contributed by atoms with Gasteiger partial charge in [0, 0.05) is 0 Å². The number of carboxylic acids is 1. The summed E-state index contributed by atoms with van der Waals surface area (Å²) >= 11 is 6.05. The zero-order valence-corrected chi connectivity index (χ0v) is 9.32. The van der Waals surface area contributed by atoms with Gasteiger partial charge in [0.05, 0.1) is 4.91 Å². The van der Waals surface area contributed by atoms with Gasteiger partial charge in [-0.3, -0.25) is 9.69 Å². The molecule has 0 saturated carbocycles. The molecular formula is C8H9NO3S2. The monoisotopic (exact) mass is 231 g/mol. The maximum atomic E-state index is 11.6. The van der Waals surface area contributed by atoms with E-state index in [2.05, 4.69) is 0 Å². The minimum atomic E-state index is -1.06. The Bertz CT molecular complexity index is 337. The van der Waals surface area contributed by atoms with Crippen molar-refractivity contribution in [2.24, 2.45) is 0 Å². The minimum Gasteiger partial charge on any atom is -0.480 e. The molecule has 0 aromatic rings. The molecule has 76 valence electrons. The first-order valence-corrected chi connectivity index (χ1v) is 5.16. The maximum Gasteiger partial charge on any atom is 0.326 e. The van der Waals surface area contributed by atoms with E-state index in [4.69, 9.17) is 17.3 Å². The third kappa shape index (κ3) is 1.80. The minimum absolute atomic E-state index is 0.304. The van der Waals surface area contributed by atoms with Crippen LogP contribution in [0, 0.1) is 0 Å². The fourth-order valence-corrected chi connectivity index (χ4v) is 2.36. The molecule has 0 aromatic carbocycles. The Labute approximate surface area is 91.0 Å². The second-order valence-electron chi connectivity index (χ2n) is 2.71. The number of hydrogen-bond donors (Lipinski definition) is 1. The van der Waals surface area contributed by atoms with E-state index in [1.165, 1.54) is 6.92 Å². The van der Waals surface area contributed by atoms with Crippen molar-refractivity contribution in [2.75, 3.05) is 0 Å². The molecule has 0 spiro atoms. The van der Waals surface area contributed by atoms with Crippen molar-refractivity contribution in [3.63, 3.8) is 0 Å². The third-order valence-corrected chi connectivity index (χ3v) is 3.28. The van der Waals surface area contributed by atoms with Gasteiger partial charge in [-0.2, -0.15) is 0 Å². The first kappa shape index (κ1) is 11.2. The molecular weight excluding hydrogens is 222 g/mol. The zero-order valence-electron chi connectivity index (χ0n) is 7.68. The number of allylic oxidation sites excluding steroid dienone is 1. The number of carbonyl (C=O) groups is 2. The molecule has 0 aliphatic carbocycles. The molecule has 6 heteroatoms. The van der Waals surface area contributed by atoms with E-state index < -0.39 is 12.0 Å². The van der Waals surface area contributed by atoms with Crippen molar-refractivity contribution in [3.8, 4) is 0 Å². The topological polar surface area (TPSA) is 57.6 Å². The number of carboxylic acid groups (broad SMARTS) is 1. The third-order valence-electron chi connectivity index (χ3n) is 1.83. The lowest BCUT2D eigenvalue weighted by Crippen LogP contribution is -2.41. The summed E-state index contributed by atoms with van der Waals surface area (Å²) in [6.45, 7) is 3.16. The average molecular weight is 231 g/mol. The van der Waals surface area contributed by atoms with Gasteiger partial charge in [0.2, 0.25) is 0 Å². The molecule has 0 aromatic heterocycles. The molecule has 1 aliphatic heterocycles. The molecule has 14 heavy (non-hydrogen) atoms. The largest absolute Gasteiger partial charge is 0.480 e. The van der Waals surface area contributed by atoms with Crippen LogP contribution in [-0.4, -0.2) is 32.2 Å². The number of hydrogen-bond acceptors (Lipinski definition) is 4. The van der Waals surface area contributed by atoms with Crippen molar-refractivity contribution in [2.45, 2.75) is 19.9 Å². The fraction of sp³-hybridized carbons (Fsp3) is 0.375. The normalized spacial score (nSPS) is 21.9. The average Bonchev–Trinajstić information content (AvgIpc) is 2.40. The van der Waals surface area contributed by atoms with E-state index in [1.54, 1.807) is 13.0 Å². The van der Waals surface area contributed by atoms with Crippen LogP contribution < -0.4 is 0 Å². The molecule has 1 amide bonds. The van der Waals surface area contributed by atoms with E-state index in [9.17, 15) is 9.59 Å². The van der Waals surface area contributed by atoms with Crippen molar-refractivity contribution in [1.29, 1.82) is 0 Å². The van der Waals surface area contributed by atoms with Crippen LogP contribution in [0.4, 0.5) is 0 Å². The van der Waals surface area contributed by atoms with Crippen LogP contribution >= 0.6 is 24.0 Å². The zero-order chi connectivity index (χ0) is 10.9. The highest BCUT2D eigenvalue weighted by atomic mass is 32.2. The lowest BCUT2D eigenvalue weighted by molar-refractivity contribution is -0.144. The molecule has 1 unspecified atom stereocenters. The number of carbonyl (C=O) groups excluding carboxylic acids is 1. The molecule has 1 aliphatic rings. The summed E-state index contributed by atoms with van der Waals surface area (Å²) in [5.74, 6) is -1.38. The van der Waals surface area contributed by atoms with Gasteiger partial charge < -0.3 is 5.11 Å². The van der Waals surface area contributed by atoms with Crippen molar-refractivity contribution in [3.05, 3.63) is 11.0 Å². The summed E-state index contributed by atoms with van der Waals surface area (Å²) in [5.41, 5.74) is 0. The number of thiocarbonyl (C=S) groups is 1. The first-order valence-electron chi connectivity index (χ1n) is 3.93. The molecule has 4 nitrogen and oxygen atoms in total. The summed E-state index contributed by atoms with van der Waals surface area (Å²) < 4.78 is 0.304. The molecule has 1 saturated heterocycles. The molecule has 1 fully saturated rings. The Morgan fingerprint density at radius 2 is 2.29 bits per heavy atom. The van der Waals surface area contributed by atoms with Gasteiger partial charge in [0.25, 0.3) is 5.91 Å². The Balaban J connectivity index is 2.96. The highest BCUT2D eigenvalue weighted by Crippen LogP contribution is 2.32. The summed E-state index contributed by atoms with van der Waals surface area (Å²) in [7, 11) is 0. The van der Waals surface area contributed by atoms with Gasteiger partial charge in [-0.25, -0.2) is 4.79 Å². The molecule has 0 radical (unpaired) electrons. The van der Waals surface area contributed by atoms with Crippen LogP contribution in [0.2, 0.25) is 0 Å². The number of rotatable bonds is 2. The van der Waals surface area contributed by atoms with E-state index in [0.29, 0.717) is 9.23 Å². The Hall–Kier alpha value is -0.880. The van der Waals surface area contributed by atoms with Gasteiger partial charge in [-0.15, -0.1) is 0 Å². The highest BCUT2D eigenvalue weighted by Gasteiger charge is 2.37. The van der Waals surface area contributed by atoms with E-state index >= 15 is 0 Å². The van der Waals surface area contributed by atoms with Crippen LogP contribution in [0.15, 0.2) is 11.0 Å². The number of aliphatic carboxylic acids is 1. The number of nitrogens with zero attached hydrogens (tertiary/aromatic N) is 1. The number of amides is 1.